The van der Waals surface area contributed by atoms with E-state index >= 15 is 0 Å². The van der Waals surface area contributed by atoms with E-state index in [2.05, 4.69) is 32.0 Å². The van der Waals surface area contributed by atoms with Gasteiger partial charge in [0.25, 0.3) is 0 Å². The number of nitrogens with zero attached hydrogens (tertiary/aromatic N) is 1. The average molecular weight is 307 g/mol. The number of hydrogen-bond donors (Lipinski definition) is 0. The molecule has 21 heavy (non-hydrogen) atoms. The van der Waals surface area contributed by atoms with Crippen LogP contribution in [-0.4, -0.2) is 41.9 Å². The number of ether oxygens (including phenoxy) is 1. The van der Waals surface area contributed by atoms with Gasteiger partial charge in [0.1, 0.15) is 0 Å². The summed E-state index contributed by atoms with van der Waals surface area (Å²) in [5.41, 5.74) is 3.91. The third-order valence-corrected chi connectivity index (χ3v) is 4.73. The number of amides is 1. The maximum Gasteiger partial charge on any atom is 0.232 e. The molecule has 1 aromatic rings. The van der Waals surface area contributed by atoms with Crippen molar-refractivity contribution in [1.29, 1.82) is 0 Å². The van der Waals surface area contributed by atoms with E-state index in [1.54, 1.807) is 11.8 Å². The molecule has 0 saturated carbocycles. The summed E-state index contributed by atoms with van der Waals surface area (Å²) in [6, 6.07) is 6.50. The molecule has 0 N–H and O–H groups in total. The van der Waals surface area contributed by atoms with E-state index in [9.17, 15) is 4.79 Å². The summed E-state index contributed by atoms with van der Waals surface area (Å²) in [7, 11) is 0. The van der Waals surface area contributed by atoms with E-state index in [-0.39, 0.29) is 18.1 Å². The lowest BCUT2D eigenvalue weighted by atomic mass is 10.1. The number of aryl methyl sites for hydroxylation is 2. The maximum absolute atomic E-state index is 12.3. The first-order valence-electron chi connectivity index (χ1n) is 7.53. The van der Waals surface area contributed by atoms with E-state index < -0.39 is 0 Å². The van der Waals surface area contributed by atoms with Gasteiger partial charge in [-0.3, -0.25) is 4.79 Å². The molecule has 2 rings (SSSR count). The first kappa shape index (κ1) is 16.4. The molecule has 0 spiro atoms. The summed E-state index contributed by atoms with van der Waals surface area (Å²) in [6.07, 6.45) is 0.281. The summed E-state index contributed by atoms with van der Waals surface area (Å²) >= 11 is 1.70. The Labute approximate surface area is 132 Å². The molecule has 1 aliphatic rings. The topological polar surface area (TPSA) is 29.5 Å². The summed E-state index contributed by atoms with van der Waals surface area (Å²) < 4.78 is 5.67. The summed E-state index contributed by atoms with van der Waals surface area (Å²) in [5, 5.41) is 0. The Bertz CT molecular complexity index is 494. The Morgan fingerprint density at radius 1 is 1.29 bits per heavy atom. The Kier molecular flexibility index (Phi) is 5.71. The largest absolute Gasteiger partial charge is 0.372 e. The highest BCUT2D eigenvalue weighted by Crippen LogP contribution is 2.19. The van der Waals surface area contributed by atoms with Crippen LogP contribution in [0.4, 0.5) is 0 Å². The van der Waals surface area contributed by atoms with Crippen molar-refractivity contribution in [3.63, 3.8) is 0 Å². The van der Waals surface area contributed by atoms with Crippen molar-refractivity contribution in [2.45, 2.75) is 45.7 Å². The molecule has 0 aromatic heterocycles. The van der Waals surface area contributed by atoms with Gasteiger partial charge < -0.3 is 9.64 Å². The fraction of sp³-hybridized carbons (Fsp3) is 0.588. The van der Waals surface area contributed by atoms with Crippen LogP contribution in [0.1, 0.15) is 30.5 Å². The van der Waals surface area contributed by atoms with Crippen molar-refractivity contribution in [3.05, 3.63) is 34.9 Å². The molecule has 1 heterocycles. The minimum Gasteiger partial charge on any atom is -0.372 e. The summed E-state index contributed by atoms with van der Waals surface area (Å²) in [6.45, 7) is 9.72. The summed E-state index contributed by atoms with van der Waals surface area (Å²) in [5.74, 6) is 1.67. The molecule has 1 fully saturated rings. The Morgan fingerprint density at radius 2 is 1.95 bits per heavy atom. The standard InChI is InChI=1S/C17H25NO2S/c1-12-5-6-13(2)16(7-12)10-21-11-17(19)18-8-14(3)20-15(4)9-18/h5-7,14-15H,8-11H2,1-4H3. The monoisotopic (exact) mass is 307 g/mol. The normalized spacial score (nSPS) is 22.4. The highest BCUT2D eigenvalue weighted by Gasteiger charge is 2.25. The predicted octanol–water partition coefficient (Wildman–Crippen LogP) is 3.17. The van der Waals surface area contributed by atoms with Crippen molar-refractivity contribution < 1.29 is 9.53 Å². The minimum absolute atomic E-state index is 0.140. The number of thioether (sulfide) groups is 1. The average Bonchev–Trinajstić information content (AvgIpc) is 2.41. The van der Waals surface area contributed by atoms with Gasteiger partial charge in [0.05, 0.1) is 18.0 Å². The van der Waals surface area contributed by atoms with Crippen LogP contribution >= 0.6 is 11.8 Å². The van der Waals surface area contributed by atoms with Crippen LogP contribution < -0.4 is 0 Å². The molecule has 2 atom stereocenters. The molecule has 4 heteroatoms. The zero-order valence-corrected chi connectivity index (χ0v) is 14.2. The van der Waals surface area contributed by atoms with E-state index in [0.29, 0.717) is 18.8 Å². The smallest absolute Gasteiger partial charge is 0.232 e. The molecule has 1 aliphatic heterocycles. The lowest BCUT2D eigenvalue weighted by Crippen LogP contribution is -2.48. The number of carbonyl (C=O) groups is 1. The molecule has 0 aliphatic carbocycles. The summed E-state index contributed by atoms with van der Waals surface area (Å²) in [4.78, 5) is 14.2. The van der Waals surface area contributed by atoms with Gasteiger partial charge >= 0.3 is 0 Å². The van der Waals surface area contributed by atoms with Crippen LogP contribution in [0.2, 0.25) is 0 Å². The number of rotatable bonds is 4. The molecule has 3 nitrogen and oxygen atoms in total. The van der Waals surface area contributed by atoms with Crippen LogP contribution in [0.25, 0.3) is 0 Å². The third kappa shape index (κ3) is 4.75. The van der Waals surface area contributed by atoms with Crippen molar-refractivity contribution in [2.24, 2.45) is 0 Å². The second-order valence-corrected chi connectivity index (χ2v) is 6.96. The molecule has 1 amide bonds. The van der Waals surface area contributed by atoms with Crippen LogP contribution in [-0.2, 0) is 15.3 Å². The highest BCUT2D eigenvalue weighted by molar-refractivity contribution is 7.99. The molecule has 116 valence electrons. The van der Waals surface area contributed by atoms with E-state index in [1.165, 1.54) is 16.7 Å². The van der Waals surface area contributed by atoms with Gasteiger partial charge in [-0.2, -0.15) is 0 Å². The van der Waals surface area contributed by atoms with Gasteiger partial charge in [-0.1, -0.05) is 23.8 Å². The van der Waals surface area contributed by atoms with Crippen molar-refractivity contribution >= 4 is 17.7 Å². The minimum atomic E-state index is 0.140. The molecule has 0 bridgehead atoms. The lowest BCUT2D eigenvalue weighted by molar-refractivity contribution is -0.140. The van der Waals surface area contributed by atoms with Gasteiger partial charge in [-0.05, 0) is 38.8 Å². The quantitative estimate of drug-likeness (QED) is 0.855. The SMILES string of the molecule is Cc1ccc(C)c(CSCC(=O)N2CC(C)OC(C)C2)c1. The van der Waals surface area contributed by atoms with Crippen LogP contribution in [0.15, 0.2) is 18.2 Å². The number of morpholine rings is 1. The van der Waals surface area contributed by atoms with Crippen LogP contribution in [0.3, 0.4) is 0 Å². The fourth-order valence-corrected chi connectivity index (χ4v) is 3.67. The van der Waals surface area contributed by atoms with Gasteiger partial charge in [0, 0.05) is 18.8 Å². The first-order valence-corrected chi connectivity index (χ1v) is 8.68. The molecule has 1 saturated heterocycles. The number of hydrogen-bond acceptors (Lipinski definition) is 3. The van der Waals surface area contributed by atoms with Crippen molar-refractivity contribution in [2.75, 3.05) is 18.8 Å². The molecular formula is C17H25NO2S. The van der Waals surface area contributed by atoms with E-state index in [4.69, 9.17) is 4.74 Å². The molecular weight excluding hydrogens is 282 g/mol. The van der Waals surface area contributed by atoms with Crippen molar-refractivity contribution in [3.8, 4) is 0 Å². The van der Waals surface area contributed by atoms with Crippen LogP contribution in [0, 0.1) is 13.8 Å². The van der Waals surface area contributed by atoms with Gasteiger partial charge in [0.15, 0.2) is 0 Å². The van der Waals surface area contributed by atoms with E-state index in [1.807, 2.05) is 18.7 Å². The van der Waals surface area contributed by atoms with E-state index in [0.717, 1.165) is 5.75 Å². The third-order valence-electron chi connectivity index (χ3n) is 3.76. The number of benzene rings is 1. The van der Waals surface area contributed by atoms with Gasteiger partial charge in [-0.15, -0.1) is 11.8 Å². The second-order valence-electron chi connectivity index (χ2n) is 5.98. The number of carbonyl (C=O) groups excluding carboxylic acids is 1. The van der Waals surface area contributed by atoms with Crippen molar-refractivity contribution in [1.82, 2.24) is 4.90 Å². The molecule has 1 aromatic carbocycles. The lowest BCUT2D eigenvalue weighted by Gasteiger charge is -2.35. The zero-order valence-electron chi connectivity index (χ0n) is 13.4. The van der Waals surface area contributed by atoms with Gasteiger partial charge in [-0.25, -0.2) is 0 Å². The maximum atomic E-state index is 12.3. The zero-order chi connectivity index (χ0) is 15.4. The predicted molar refractivity (Wildman–Crippen MR) is 88.7 cm³/mol. The Balaban J connectivity index is 1.82. The van der Waals surface area contributed by atoms with Gasteiger partial charge in [0.2, 0.25) is 5.91 Å². The molecule has 2 unspecified atom stereocenters. The second kappa shape index (κ2) is 7.32. The Hall–Kier alpha value is -1.00. The Morgan fingerprint density at radius 3 is 2.62 bits per heavy atom. The van der Waals surface area contributed by atoms with Crippen LogP contribution in [0.5, 0.6) is 0 Å². The highest BCUT2D eigenvalue weighted by atomic mass is 32.2. The fourth-order valence-electron chi connectivity index (χ4n) is 2.68. The molecule has 0 radical (unpaired) electrons. The first-order chi connectivity index (χ1) is 9.95.